The molecule has 0 unspecified atom stereocenters. The van der Waals surface area contributed by atoms with Gasteiger partial charge in [-0.1, -0.05) is 29.3 Å². The quantitative estimate of drug-likeness (QED) is 0.795. The zero-order valence-electron chi connectivity index (χ0n) is 12.8. The number of hydrogen-bond acceptors (Lipinski definition) is 2. The fourth-order valence-corrected chi connectivity index (χ4v) is 3.62. The largest absolute Gasteiger partial charge is 0.434 e. The van der Waals surface area contributed by atoms with Crippen molar-refractivity contribution in [1.82, 2.24) is 10.3 Å². The standard InChI is InChI=1S/C17H13Cl2F3N2O/c18-11-4-1-5-12(19)14(11)9-6-7-13(9)24-16(25)10-3-2-8-23-15(10)17(20,21)22/h1-5,8-9,13H,6-7H2,(H,24,25)/t9-,13+/m0/s1. The van der Waals surface area contributed by atoms with Crippen molar-refractivity contribution >= 4 is 29.1 Å². The van der Waals surface area contributed by atoms with Gasteiger partial charge in [-0.25, -0.2) is 0 Å². The minimum absolute atomic E-state index is 0.129. The number of aromatic nitrogens is 1. The maximum Gasteiger partial charge on any atom is 0.434 e. The lowest BCUT2D eigenvalue weighted by Gasteiger charge is -2.38. The van der Waals surface area contributed by atoms with Crippen molar-refractivity contribution in [2.45, 2.75) is 31.0 Å². The van der Waals surface area contributed by atoms with Crippen molar-refractivity contribution in [3.8, 4) is 0 Å². The first-order valence-electron chi connectivity index (χ1n) is 7.56. The van der Waals surface area contributed by atoms with Crippen LogP contribution < -0.4 is 5.32 Å². The summed E-state index contributed by atoms with van der Waals surface area (Å²) in [7, 11) is 0. The first-order valence-corrected chi connectivity index (χ1v) is 8.31. The van der Waals surface area contributed by atoms with Crippen LogP contribution in [0.15, 0.2) is 36.5 Å². The van der Waals surface area contributed by atoms with Gasteiger partial charge in [0.15, 0.2) is 5.69 Å². The smallest absolute Gasteiger partial charge is 0.349 e. The minimum Gasteiger partial charge on any atom is -0.349 e. The van der Waals surface area contributed by atoms with E-state index in [9.17, 15) is 18.0 Å². The Hall–Kier alpha value is -1.79. The maximum atomic E-state index is 13.0. The van der Waals surface area contributed by atoms with Gasteiger partial charge in [0.05, 0.1) is 5.56 Å². The highest BCUT2D eigenvalue weighted by Gasteiger charge is 2.39. The summed E-state index contributed by atoms with van der Waals surface area (Å²) in [4.78, 5) is 15.6. The van der Waals surface area contributed by atoms with Gasteiger partial charge < -0.3 is 5.32 Å². The Morgan fingerprint density at radius 3 is 2.36 bits per heavy atom. The predicted octanol–water partition coefficient (Wildman–Crippen LogP) is 5.08. The van der Waals surface area contributed by atoms with Crippen molar-refractivity contribution in [3.05, 3.63) is 63.4 Å². The van der Waals surface area contributed by atoms with Crippen LogP contribution in [0.25, 0.3) is 0 Å². The van der Waals surface area contributed by atoms with E-state index in [1.165, 1.54) is 6.07 Å². The van der Waals surface area contributed by atoms with Gasteiger partial charge in [-0.2, -0.15) is 13.2 Å². The summed E-state index contributed by atoms with van der Waals surface area (Å²) in [6, 6.07) is 7.19. The molecule has 1 N–H and O–H groups in total. The molecule has 2 atom stereocenters. The molecule has 1 aromatic carbocycles. The van der Waals surface area contributed by atoms with E-state index < -0.39 is 23.3 Å². The molecule has 3 rings (SSSR count). The van der Waals surface area contributed by atoms with Crippen LogP contribution >= 0.6 is 23.2 Å². The summed E-state index contributed by atoms with van der Waals surface area (Å²) >= 11 is 12.4. The summed E-state index contributed by atoms with van der Waals surface area (Å²) in [6.07, 6.45) is -2.30. The van der Waals surface area contributed by atoms with Crippen LogP contribution in [-0.4, -0.2) is 16.9 Å². The Morgan fingerprint density at radius 1 is 1.12 bits per heavy atom. The van der Waals surface area contributed by atoms with Gasteiger partial charge in [-0.3, -0.25) is 9.78 Å². The molecule has 1 aliphatic rings. The van der Waals surface area contributed by atoms with Gasteiger partial charge in [0.25, 0.3) is 5.91 Å². The monoisotopic (exact) mass is 388 g/mol. The second-order valence-electron chi connectivity index (χ2n) is 5.80. The molecule has 25 heavy (non-hydrogen) atoms. The van der Waals surface area contributed by atoms with Crippen LogP contribution in [0.3, 0.4) is 0 Å². The number of rotatable bonds is 3. The predicted molar refractivity (Wildman–Crippen MR) is 88.9 cm³/mol. The molecule has 1 saturated carbocycles. The van der Waals surface area contributed by atoms with Gasteiger partial charge in [0, 0.05) is 28.2 Å². The minimum atomic E-state index is -4.70. The number of carbonyl (C=O) groups excluding carboxylic acids is 1. The fraction of sp³-hybridized carbons (Fsp3) is 0.294. The van der Waals surface area contributed by atoms with E-state index in [4.69, 9.17) is 23.2 Å². The van der Waals surface area contributed by atoms with E-state index in [-0.39, 0.29) is 12.0 Å². The number of alkyl halides is 3. The highest BCUT2D eigenvalue weighted by molar-refractivity contribution is 6.36. The molecule has 0 radical (unpaired) electrons. The summed E-state index contributed by atoms with van der Waals surface area (Å²) in [5, 5.41) is 3.61. The van der Waals surface area contributed by atoms with Crippen molar-refractivity contribution < 1.29 is 18.0 Å². The van der Waals surface area contributed by atoms with Gasteiger partial charge in [-0.15, -0.1) is 0 Å². The SMILES string of the molecule is O=C(N[C@@H]1CC[C@@H]1c1c(Cl)cccc1Cl)c1cccnc1C(F)(F)F. The average Bonchev–Trinajstić information content (AvgIpc) is 2.54. The van der Waals surface area contributed by atoms with E-state index in [1.54, 1.807) is 18.2 Å². The highest BCUT2D eigenvalue weighted by Crippen LogP contribution is 2.43. The number of pyridine rings is 1. The van der Waals surface area contributed by atoms with E-state index in [0.29, 0.717) is 22.0 Å². The summed E-state index contributed by atoms with van der Waals surface area (Å²) < 4.78 is 39.0. The van der Waals surface area contributed by atoms with E-state index in [1.807, 2.05) is 0 Å². The van der Waals surface area contributed by atoms with Crippen molar-refractivity contribution in [3.63, 3.8) is 0 Å². The number of halogens is 5. The highest BCUT2D eigenvalue weighted by atomic mass is 35.5. The maximum absolute atomic E-state index is 13.0. The van der Waals surface area contributed by atoms with Crippen LogP contribution in [0.4, 0.5) is 13.2 Å². The van der Waals surface area contributed by atoms with Crippen LogP contribution in [0, 0.1) is 0 Å². The van der Waals surface area contributed by atoms with Gasteiger partial charge in [-0.05, 0) is 42.7 Å². The van der Waals surface area contributed by atoms with Crippen LogP contribution in [0.5, 0.6) is 0 Å². The zero-order valence-corrected chi connectivity index (χ0v) is 14.3. The number of hydrogen-bond donors (Lipinski definition) is 1. The topological polar surface area (TPSA) is 42.0 Å². The second kappa shape index (κ2) is 6.84. The lowest BCUT2D eigenvalue weighted by molar-refractivity contribution is -0.141. The van der Waals surface area contributed by atoms with Crippen molar-refractivity contribution in [1.29, 1.82) is 0 Å². The van der Waals surface area contributed by atoms with E-state index in [2.05, 4.69) is 10.3 Å². The molecular weight excluding hydrogens is 376 g/mol. The third-order valence-corrected chi connectivity index (χ3v) is 4.94. The van der Waals surface area contributed by atoms with Crippen molar-refractivity contribution in [2.75, 3.05) is 0 Å². The molecule has 132 valence electrons. The van der Waals surface area contributed by atoms with Crippen LogP contribution in [0.1, 0.15) is 40.4 Å². The van der Waals surface area contributed by atoms with Crippen LogP contribution in [0.2, 0.25) is 10.0 Å². The number of carbonyl (C=O) groups is 1. The van der Waals surface area contributed by atoms with E-state index >= 15 is 0 Å². The summed E-state index contributed by atoms with van der Waals surface area (Å²) in [6.45, 7) is 0. The Morgan fingerprint density at radius 2 is 1.80 bits per heavy atom. The molecule has 8 heteroatoms. The molecule has 1 heterocycles. The lowest BCUT2D eigenvalue weighted by atomic mass is 9.75. The Labute approximate surface area is 152 Å². The molecule has 3 nitrogen and oxygen atoms in total. The molecule has 1 aliphatic carbocycles. The zero-order chi connectivity index (χ0) is 18.2. The Kier molecular flexibility index (Phi) is 4.93. The molecule has 0 aliphatic heterocycles. The van der Waals surface area contributed by atoms with Gasteiger partial charge >= 0.3 is 6.18 Å². The molecule has 2 aromatic rings. The average molecular weight is 389 g/mol. The third-order valence-electron chi connectivity index (χ3n) is 4.28. The summed E-state index contributed by atoms with van der Waals surface area (Å²) in [5.41, 5.74) is -0.977. The molecule has 1 aromatic heterocycles. The molecule has 1 amide bonds. The number of nitrogens with zero attached hydrogens (tertiary/aromatic N) is 1. The molecule has 0 spiro atoms. The van der Waals surface area contributed by atoms with E-state index in [0.717, 1.165) is 18.7 Å². The second-order valence-corrected chi connectivity index (χ2v) is 6.61. The Bertz CT molecular complexity index is 790. The van der Waals surface area contributed by atoms with Crippen molar-refractivity contribution in [2.24, 2.45) is 0 Å². The van der Waals surface area contributed by atoms with Gasteiger partial charge in [0.1, 0.15) is 0 Å². The molecule has 0 bridgehead atoms. The third kappa shape index (κ3) is 3.60. The first kappa shape index (κ1) is 18.0. The molecule has 1 fully saturated rings. The summed E-state index contributed by atoms with van der Waals surface area (Å²) in [5.74, 6) is -0.936. The number of benzene rings is 1. The lowest BCUT2D eigenvalue weighted by Crippen LogP contribution is -2.46. The molecule has 0 saturated heterocycles. The first-order chi connectivity index (χ1) is 11.8. The number of nitrogens with one attached hydrogen (secondary N) is 1. The normalized spacial score (nSPS) is 20.0. The molecular formula is C17H13Cl2F3N2O. The van der Waals surface area contributed by atoms with Gasteiger partial charge in [0.2, 0.25) is 0 Å². The fourth-order valence-electron chi connectivity index (χ4n) is 2.94. The Balaban J connectivity index is 1.81. The van der Waals surface area contributed by atoms with Crippen LogP contribution in [-0.2, 0) is 6.18 Å². The number of amides is 1.